The zero-order valence-electron chi connectivity index (χ0n) is 12.4. The molecule has 0 spiro atoms. The van der Waals surface area contributed by atoms with Crippen LogP contribution in [0.15, 0.2) is 24.3 Å². The van der Waals surface area contributed by atoms with Crippen molar-refractivity contribution in [3.05, 3.63) is 39.9 Å². The average molecular weight is 277 g/mol. The van der Waals surface area contributed by atoms with Gasteiger partial charge in [-0.2, -0.15) is 0 Å². The number of benzene rings is 1. The first-order valence-corrected chi connectivity index (χ1v) is 7.08. The van der Waals surface area contributed by atoms with Crippen molar-refractivity contribution in [1.29, 1.82) is 0 Å². The smallest absolute Gasteiger partial charge is 0.274 e. The van der Waals surface area contributed by atoms with Crippen LogP contribution in [-0.2, 0) is 0 Å². The number of nitro benzene ring substituents is 1. The van der Waals surface area contributed by atoms with Crippen molar-refractivity contribution < 1.29 is 4.92 Å². The number of nitro groups is 1. The Morgan fingerprint density at radius 3 is 2.60 bits per heavy atom. The number of para-hydroxylation sites is 1. The molecule has 0 saturated carbocycles. The molecule has 2 atom stereocenters. The molecule has 2 N–H and O–H groups in total. The number of nitrogens with two attached hydrogens (primary N) is 1. The lowest BCUT2D eigenvalue weighted by molar-refractivity contribution is -0.386. The number of rotatable bonds is 2. The largest absolute Gasteiger partial charge is 0.326 e. The Labute approximate surface area is 119 Å². The molecule has 1 saturated heterocycles. The van der Waals surface area contributed by atoms with Crippen molar-refractivity contribution in [2.24, 2.45) is 5.73 Å². The molecule has 1 aliphatic heterocycles. The van der Waals surface area contributed by atoms with Gasteiger partial charge in [-0.15, -0.1) is 0 Å². The minimum absolute atomic E-state index is 0.0631. The Morgan fingerprint density at radius 2 is 2.00 bits per heavy atom. The van der Waals surface area contributed by atoms with Gasteiger partial charge in [-0.3, -0.25) is 15.0 Å². The van der Waals surface area contributed by atoms with Crippen molar-refractivity contribution >= 4 is 5.69 Å². The molecule has 2 unspecified atom stereocenters. The minimum atomic E-state index is -0.308. The summed E-state index contributed by atoms with van der Waals surface area (Å²) >= 11 is 0. The van der Waals surface area contributed by atoms with Crippen molar-refractivity contribution in [3.8, 4) is 0 Å². The van der Waals surface area contributed by atoms with Gasteiger partial charge >= 0.3 is 0 Å². The predicted molar refractivity (Wildman–Crippen MR) is 79.5 cm³/mol. The summed E-state index contributed by atoms with van der Waals surface area (Å²) in [5, 5.41) is 11.3. The van der Waals surface area contributed by atoms with Crippen molar-refractivity contribution in [1.82, 2.24) is 4.90 Å². The van der Waals surface area contributed by atoms with Gasteiger partial charge in [0.1, 0.15) is 0 Å². The first kappa shape index (κ1) is 14.9. The number of hydrogen-bond donors (Lipinski definition) is 1. The quantitative estimate of drug-likeness (QED) is 0.666. The van der Waals surface area contributed by atoms with Crippen LogP contribution < -0.4 is 5.73 Å². The molecule has 0 amide bonds. The predicted octanol–water partition coefficient (Wildman–Crippen LogP) is 2.86. The fraction of sp³-hybridized carbons (Fsp3) is 0.600. The van der Waals surface area contributed by atoms with Gasteiger partial charge in [-0.1, -0.05) is 18.2 Å². The van der Waals surface area contributed by atoms with Crippen LogP contribution in [0.2, 0.25) is 0 Å². The number of hydrogen-bond acceptors (Lipinski definition) is 4. The molecule has 1 fully saturated rings. The van der Waals surface area contributed by atoms with Crippen LogP contribution >= 0.6 is 0 Å². The summed E-state index contributed by atoms with van der Waals surface area (Å²) in [5.41, 5.74) is 7.15. The summed E-state index contributed by atoms with van der Waals surface area (Å²) in [6, 6.07) is 6.81. The highest BCUT2D eigenvalue weighted by molar-refractivity contribution is 5.43. The maximum absolute atomic E-state index is 11.3. The molecule has 0 bridgehead atoms. The molecule has 1 aromatic carbocycles. The highest BCUT2D eigenvalue weighted by atomic mass is 16.6. The van der Waals surface area contributed by atoms with Crippen molar-refractivity contribution in [2.45, 2.75) is 51.2 Å². The third-order valence-electron chi connectivity index (χ3n) is 3.99. The summed E-state index contributed by atoms with van der Waals surface area (Å²) in [5.74, 6) is 0. The first-order chi connectivity index (χ1) is 9.32. The first-order valence-electron chi connectivity index (χ1n) is 7.08. The summed E-state index contributed by atoms with van der Waals surface area (Å²) in [4.78, 5) is 13.3. The van der Waals surface area contributed by atoms with E-state index in [1.165, 1.54) is 0 Å². The van der Waals surface area contributed by atoms with Crippen LogP contribution in [0.4, 0.5) is 5.69 Å². The lowest BCUT2D eigenvalue weighted by atomic mass is 9.86. The van der Waals surface area contributed by atoms with Crippen LogP contribution in [0.5, 0.6) is 0 Å². The lowest BCUT2D eigenvalue weighted by Crippen LogP contribution is -2.53. The lowest BCUT2D eigenvalue weighted by Gasteiger charge is -2.47. The van der Waals surface area contributed by atoms with Gasteiger partial charge in [0.2, 0.25) is 0 Å². The molecule has 5 nitrogen and oxygen atoms in total. The Morgan fingerprint density at radius 1 is 1.35 bits per heavy atom. The zero-order chi connectivity index (χ0) is 14.9. The average Bonchev–Trinajstić information content (AvgIpc) is 2.37. The second-order valence-corrected chi connectivity index (χ2v) is 6.43. The summed E-state index contributed by atoms with van der Waals surface area (Å²) in [6.07, 6.45) is 1.94. The molecule has 1 heterocycles. The van der Waals surface area contributed by atoms with Crippen molar-refractivity contribution in [3.63, 3.8) is 0 Å². The van der Waals surface area contributed by atoms with E-state index < -0.39 is 0 Å². The van der Waals surface area contributed by atoms with E-state index in [-0.39, 0.29) is 28.2 Å². The fourth-order valence-corrected chi connectivity index (χ4v) is 3.08. The van der Waals surface area contributed by atoms with Crippen LogP contribution in [0, 0.1) is 10.1 Å². The topological polar surface area (TPSA) is 72.4 Å². The summed E-state index contributed by atoms with van der Waals surface area (Å²) in [7, 11) is 0. The third-order valence-corrected chi connectivity index (χ3v) is 3.99. The molecule has 20 heavy (non-hydrogen) atoms. The van der Waals surface area contributed by atoms with Crippen LogP contribution in [0.3, 0.4) is 0 Å². The SMILES string of the molecule is CC(C)(C)N1CCCC(N)C1c1ccccc1[N+](=O)[O-]. The molecule has 0 aliphatic carbocycles. The summed E-state index contributed by atoms with van der Waals surface area (Å²) in [6.45, 7) is 7.32. The molecule has 110 valence electrons. The van der Waals surface area contributed by atoms with Crippen LogP contribution in [-0.4, -0.2) is 27.9 Å². The van der Waals surface area contributed by atoms with Crippen LogP contribution in [0.1, 0.15) is 45.2 Å². The van der Waals surface area contributed by atoms with Gasteiger partial charge in [0.25, 0.3) is 5.69 Å². The molecular weight excluding hydrogens is 254 g/mol. The van der Waals surface area contributed by atoms with E-state index in [0.29, 0.717) is 0 Å². The van der Waals surface area contributed by atoms with E-state index in [1.807, 2.05) is 12.1 Å². The standard InChI is InChI=1S/C15H23N3O2/c1-15(2,3)17-10-6-8-12(16)14(17)11-7-4-5-9-13(11)18(19)20/h4-5,7,9,12,14H,6,8,10,16H2,1-3H3. The Hall–Kier alpha value is -1.46. The number of piperidine rings is 1. The fourth-order valence-electron chi connectivity index (χ4n) is 3.08. The monoisotopic (exact) mass is 277 g/mol. The molecule has 1 aliphatic rings. The van der Waals surface area contributed by atoms with Gasteiger partial charge < -0.3 is 5.73 Å². The molecule has 1 aromatic rings. The van der Waals surface area contributed by atoms with E-state index in [4.69, 9.17) is 5.73 Å². The molecule has 2 rings (SSSR count). The second-order valence-electron chi connectivity index (χ2n) is 6.43. The second kappa shape index (κ2) is 5.50. The van der Waals surface area contributed by atoms with Gasteiger partial charge in [0.05, 0.1) is 11.0 Å². The molecule has 5 heteroatoms. The van der Waals surface area contributed by atoms with Gasteiger partial charge in [-0.25, -0.2) is 0 Å². The minimum Gasteiger partial charge on any atom is -0.326 e. The zero-order valence-corrected chi connectivity index (χ0v) is 12.4. The Balaban J connectivity index is 2.48. The van der Waals surface area contributed by atoms with E-state index in [1.54, 1.807) is 12.1 Å². The van der Waals surface area contributed by atoms with Gasteiger partial charge in [0.15, 0.2) is 0 Å². The number of nitrogens with zero attached hydrogens (tertiary/aromatic N) is 2. The van der Waals surface area contributed by atoms with E-state index in [0.717, 1.165) is 24.9 Å². The normalized spacial score (nSPS) is 24.6. The maximum Gasteiger partial charge on any atom is 0.274 e. The van der Waals surface area contributed by atoms with Gasteiger partial charge in [0, 0.05) is 23.2 Å². The molecule has 0 aromatic heterocycles. The molecular formula is C15H23N3O2. The third kappa shape index (κ3) is 2.83. The Kier molecular flexibility index (Phi) is 4.11. The highest BCUT2D eigenvalue weighted by Gasteiger charge is 2.39. The number of likely N-dealkylation sites (tertiary alicyclic amines) is 1. The molecule has 0 radical (unpaired) electrons. The van der Waals surface area contributed by atoms with Gasteiger partial charge in [-0.05, 0) is 40.2 Å². The van der Waals surface area contributed by atoms with E-state index >= 15 is 0 Å². The van der Waals surface area contributed by atoms with E-state index in [2.05, 4.69) is 25.7 Å². The van der Waals surface area contributed by atoms with E-state index in [9.17, 15) is 10.1 Å². The highest BCUT2D eigenvalue weighted by Crippen LogP contribution is 2.38. The summed E-state index contributed by atoms with van der Waals surface area (Å²) < 4.78 is 0. The maximum atomic E-state index is 11.3. The van der Waals surface area contributed by atoms with Crippen molar-refractivity contribution in [2.75, 3.05) is 6.54 Å². The Bertz CT molecular complexity index is 496. The van der Waals surface area contributed by atoms with Crippen LogP contribution in [0.25, 0.3) is 0 Å².